The molecule has 2 aliphatic carbocycles. The molecule has 1 amide bonds. The molecule has 1 unspecified atom stereocenters. The number of aromatic nitrogens is 5. The van der Waals surface area contributed by atoms with Crippen LogP contribution in [0.15, 0.2) is 23.0 Å². The smallest absolute Gasteiger partial charge is 0.230 e. The van der Waals surface area contributed by atoms with Gasteiger partial charge in [0, 0.05) is 24.5 Å². The van der Waals surface area contributed by atoms with Crippen molar-refractivity contribution in [3.05, 3.63) is 51.0 Å². The van der Waals surface area contributed by atoms with Crippen LogP contribution in [0.25, 0.3) is 12.2 Å². The molecular weight excluding hydrogens is 402 g/mol. The third-order valence-electron chi connectivity index (χ3n) is 5.07. The molecule has 0 aliphatic heterocycles. The molecule has 5 rings (SSSR count). The minimum absolute atomic E-state index is 0.0356. The molecule has 1 saturated carbocycles. The molecule has 0 spiro atoms. The van der Waals surface area contributed by atoms with E-state index in [1.54, 1.807) is 29.9 Å². The Balaban J connectivity index is 1.26. The predicted octanol–water partition coefficient (Wildman–Crippen LogP) is 0.370. The third-order valence-corrected chi connectivity index (χ3v) is 6.11. The first-order valence-electron chi connectivity index (χ1n) is 9.60. The van der Waals surface area contributed by atoms with Crippen molar-refractivity contribution in [1.82, 2.24) is 30.5 Å². The second kappa shape index (κ2) is 7.42. The molecule has 10 heteroatoms. The van der Waals surface area contributed by atoms with E-state index in [-0.39, 0.29) is 24.1 Å². The number of fused-ring (bicyclic) bond motifs is 1. The number of nitrogens with one attached hydrogen (secondary N) is 1. The fourth-order valence-electron chi connectivity index (χ4n) is 3.33. The zero-order valence-electron chi connectivity index (χ0n) is 15.9. The molecule has 0 radical (unpaired) electrons. The third kappa shape index (κ3) is 3.84. The van der Waals surface area contributed by atoms with E-state index in [0.717, 1.165) is 27.0 Å². The summed E-state index contributed by atoms with van der Waals surface area (Å²) >= 11 is 1.58. The van der Waals surface area contributed by atoms with E-state index in [1.807, 2.05) is 0 Å². The molecule has 0 aromatic carbocycles. The maximum atomic E-state index is 12.1. The van der Waals surface area contributed by atoms with Gasteiger partial charge < -0.3 is 9.73 Å². The van der Waals surface area contributed by atoms with Gasteiger partial charge in [-0.3, -0.25) is 14.8 Å². The van der Waals surface area contributed by atoms with Crippen molar-refractivity contribution in [1.29, 1.82) is 5.26 Å². The fourth-order valence-corrected chi connectivity index (χ4v) is 4.39. The summed E-state index contributed by atoms with van der Waals surface area (Å²) in [6.07, 6.45) is 12.0. The monoisotopic (exact) mass is 419 g/mol. The second-order valence-electron chi connectivity index (χ2n) is 7.39. The van der Waals surface area contributed by atoms with E-state index in [4.69, 9.17) is 9.68 Å². The molecule has 0 bridgehead atoms. The number of carbonyl (C=O) groups is 1. The van der Waals surface area contributed by atoms with Gasteiger partial charge >= 0.3 is 0 Å². The molecule has 0 saturated heterocycles. The van der Waals surface area contributed by atoms with Crippen molar-refractivity contribution in [2.45, 2.75) is 43.6 Å². The van der Waals surface area contributed by atoms with E-state index < -0.39 is 5.54 Å². The standard InChI is InChI=1S/C20H17N7O2S/c21-11-20(3-4-20)25-16(28)8-17-26-27-18(29-17)9-19-24-13-2-1-12(7-15(13)30-19)14-10-22-5-6-23-14/h2,5-7,10,12H,1,3-4,8-9H2,(H,25,28). The Morgan fingerprint density at radius 3 is 2.97 bits per heavy atom. The predicted molar refractivity (Wildman–Crippen MR) is 106 cm³/mol. The zero-order chi connectivity index (χ0) is 20.6. The quantitative estimate of drug-likeness (QED) is 0.606. The second-order valence-corrected chi connectivity index (χ2v) is 8.50. The van der Waals surface area contributed by atoms with Gasteiger partial charge in [0.1, 0.15) is 17.0 Å². The Kier molecular flexibility index (Phi) is 4.59. The van der Waals surface area contributed by atoms with Crippen LogP contribution in [-0.4, -0.2) is 36.6 Å². The van der Waals surface area contributed by atoms with Gasteiger partial charge in [0.2, 0.25) is 17.7 Å². The molecule has 9 nitrogen and oxygen atoms in total. The van der Waals surface area contributed by atoms with Crippen LogP contribution in [0.3, 0.4) is 0 Å². The van der Waals surface area contributed by atoms with E-state index in [0.29, 0.717) is 25.2 Å². The first-order valence-corrected chi connectivity index (χ1v) is 10.4. The van der Waals surface area contributed by atoms with Gasteiger partial charge in [0.15, 0.2) is 0 Å². The number of rotatable bonds is 6. The summed E-state index contributed by atoms with van der Waals surface area (Å²) in [6, 6.07) is 2.13. The van der Waals surface area contributed by atoms with Gasteiger partial charge in [-0.25, -0.2) is 4.98 Å². The maximum absolute atomic E-state index is 12.1. The van der Waals surface area contributed by atoms with Gasteiger partial charge in [0.25, 0.3) is 0 Å². The maximum Gasteiger partial charge on any atom is 0.230 e. The van der Waals surface area contributed by atoms with Crippen molar-refractivity contribution in [3.63, 3.8) is 0 Å². The van der Waals surface area contributed by atoms with E-state index in [1.165, 1.54) is 0 Å². The number of nitriles is 1. The van der Waals surface area contributed by atoms with Crippen molar-refractivity contribution in [2.24, 2.45) is 0 Å². The van der Waals surface area contributed by atoms with Crippen LogP contribution in [0.2, 0.25) is 0 Å². The fraction of sp³-hybridized carbons (Fsp3) is 0.350. The minimum atomic E-state index is -0.698. The topological polar surface area (TPSA) is 130 Å². The molecular formula is C20H17N7O2S. The molecule has 1 N–H and O–H groups in total. The van der Waals surface area contributed by atoms with Gasteiger partial charge in [-0.1, -0.05) is 12.2 Å². The average molecular weight is 419 g/mol. The summed E-state index contributed by atoms with van der Waals surface area (Å²) < 4.78 is 6.71. The van der Waals surface area contributed by atoms with Gasteiger partial charge in [-0.15, -0.1) is 21.5 Å². The van der Waals surface area contributed by atoms with Crippen molar-refractivity contribution in [3.8, 4) is 6.07 Å². The van der Waals surface area contributed by atoms with E-state index in [9.17, 15) is 4.79 Å². The van der Waals surface area contributed by atoms with Crippen LogP contribution < -0.4 is 15.2 Å². The highest BCUT2D eigenvalue weighted by Gasteiger charge is 2.44. The molecule has 2 aliphatic rings. The van der Waals surface area contributed by atoms with Gasteiger partial charge in [0.05, 0.1) is 28.1 Å². The first-order chi connectivity index (χ1) is 14.6. The Bertz CT molecular complexity index is 1250. The average Bonchev–Trinajstić information content (AvgIpc) is 3.20. The van der Waals surface area contributed by atoms with E-state index >= 15 is 0 Å². The lowest BCUT2D eigenvalue weighted by Gasteiger charge is -2.10. The number of hydrogen-bond acceptors (Lipinski definition) is 9. The van der Waals surface area contributed by atoms with Crippen molar-refractivity contribution >= 4 is 29.4 Å². The van der Waals surface area contributed by atoms with Crippen molar-refractivity contribution < 1.29 is 9.21 Å². The number of thiazole rings is 1. The molecule has 1 fully saturated rings. The van der Waals surface area contributed by atoms with Crippen LogP contribution in [0.5, 0.6) is 0 Å². The molecule has 3 heterocycles. The van der Waals surface area contributed by atoms with E-state index in [2.05, 4.69) is 48.7 Å². The van der Waals surface area contributed by atoms with Gasteiger partial charge in [-0.05, 0) is 19.3 Å². The Labute approximate surface area is 175 Å². The van der Waals surface area contributed by atoms with Crippen LogP contribution >= 0.6 is 11.3 Å². The SMILES string of the molecule is N#CC1(NC(=O)Cc2nnc(Cc3nc4c(s3)=CC(c3cnccn3)CC=4)o2)CC1. The first kappa shape index (κ1) is 18.6. The lowest BCUT2D eigenvalue weighted by molar-refractivity contribution is -0.121. The molecule has 3 aromatic rings. The zero-order valence-corrected chi connectivity index (χ0v) is 16.7. The lowest BCUT2D eigenvalue weighted by atomic mass is 9.99. The number of hydrogen-bond donors (Lipinski definition) is 1. The minimum Gasteiger partial charge on any atom is -0.424 e. The molecule has 150 valence electrons. The summed E-state index contributed by atoms with van der Waals surface area (Å²) in [7, 11) is 0. The van der Waals surface area contributed by atoms with Crippen LogP contribution in [0.4, 0.5) is 0 Å². The number of amides is 1. The molecule has 3 aromatic heterocycles. The summed E-state index contributed by atoms with van der Waals surface area (Å²) in [5, 5.41) is 21.6. The summed E-state index contributed by atoms with van der Waals surface area (Å²) in [6.45, 7) is 0. The Hall–Kier alpha value is -3.45. The lowest BCUT2D eigenvalue weighted by Crippen LogP contribution is -2.36. The van der Waals surface area contributed by atoms with Crippen LogP contribution in [0, 0.1) is 11.3 Å². The normalized spacial score (nSPS) is 18.4. The summed E-state index contributed by atoms with van der Waals surface area (Å²) in [4.78, 5) is 25.3. The molecule has 1 atom stereocenters. The summed E-state index contributed by atoms with van der Waals surface area (Å²) in [5.74, 6) is 0.554. The highest BCUT2D eigenvalue weighted by atomic mass is 32.1. The van der Waals surface area contributed by atoms with Crippen LogP contribution in [0.1, 0.15) is 47.7 Å². The Morgan fingerprint density at radius 2 is 2.20 bits per heavy atom. The number of nitrogens with zero attached hydrogens (tertiary/aromatic N) is 6. The van der Waals surface area contributed by atoms with Crippen molar-refractivity contribution in [2.75, 3.05) is 0 Å². The highest BCUT2D eigenvalue weighted by molar-refractivity contribution is 7.09. The largest absolute Gasteiger partial charge is 0.424 e. The summed E-state index contributed by atoms with van der Waals surface area (Å²) in [5.41, 5.74) is 0.245. The van der Waals surface area contributed by atoms with Gasteiger partial charge in [-0.2, -0.15) is 5.26 Å². The van der Waals surface area contributed by atoms with Crippen LogP contribution in [-0.2, 0) is 17.6 Å². The number of carbonyl (C=O) groups excluding carboxylic acids is 1. The highest BCUT2D eigenvalue weighted by Crippen LogP contribution is 2.34. The Morgan fingerprint density at radius 1 is 1.33 bits per heavy atom. The molecule has 30 heavy (non-hydrogen) atoms.